The van der Waals surface area contributed by atoms with Gasteiger partial charge in [-0.15, -0.1) is 0 Å². The number of piperazine rings is 1. The topological polar surface area (TPSA) is 97.6 Å². The van der Waals surface area contributed by atoms with E-state index in [1.54, 1.807) is 43.7 Å². The Kier molecular flexibility index (Phi) is 6.40. The van der Waals surface area contributed by atoms with Gasteiger partial charge in [0.1, 0.15) is 0 Å². The van der Waals surface area contributed by atoms with Crippen LogP contribution in [-0.4, -0.2) is 77.7 Å². The minimum absolute atomic E-state index is 0.0259. The van der Waals surface area contributed by atoms with Gasteiger partial charge in [-0.2, -0.15) is 9.40 Å². The minimum Gasteiger partial charge on any atom is -0.381 e. The van der Waals surface area contributed by atoms with Crippen LogP contribution in [0.15, 0.2) is 35.7 Å². The zero-order chi connectivity index (χ0) is 22.0. The second-order valence-electron chi connectivity index (χ2n) is 8.21. The molecular formula is C21H29N5O4S. The molecule has 3 heterocycles. The van der Waals surface area contributed by atoms with E-state index < -0.39 is 10.0 Å². The summed E-state index contributed by atoms with van der Waals surface area (Å²) in [5.41, 5.74) is 1.23. The average Bonchev–Trinajstić information content (AvgIpc) is 3.22. The number of sulfonamides is 1. The molecule has 31 heavy (non-hydrogen) atoms. The maximum atomic E-state index is 13.4. The molecule has 168 valence electrons. The Morgan fingerprint density at radius 1 is 1.19 bits per heavy atom. The third-order valence-corrected chi connectivity index (χ3v) is 8.05. The fourth-order valence-corrected chi connectivity index (χ4v) is 6.06. The van der Waals surface area contributed by atoms with E-state index in [0.717, 1.165) is 25.7 Å². The lowest BCUT2D eigenvalue weighted by Gasteiger charge is -2.37. The van der Waals surface area contributed by atoms with Gasteiger partial charge in [0.25, 0.3) is 10.0 Å². The molecule has 2 aromatic rings. The van der Waals surface area contributed by atoms with Gasteiger partial charge in [-0.05, 0) is 25.3 Å². The summed E-state index contributed by atoms with van der Waals surface area (Å²) in [5.74, 6) is 0.0857. The highest BCUT2D eigenvalue weighted by Gasteiger charge is 2.36. The number of methoxy groups -OCH3 is 1. The van der Waals surface area contributed by atoms with Crippen LogP contribution in [0.2, 0.25) is 0 Å². The first-order valence-corrected chi connectivity index (χ1v) is 12.1. The minimum atomic E-state index is -3.79. The first-order chi connectivity index (χ1) is 14.9. The van der Waals surface area contributed by atoms with E-state index in [1.807, 2.05) is 6.07 Å². The van der Waals surface area contributed by atoms with Gasteiger partial charge in [-0.3, -0.25) is 14.5 Å². The molecule has 2 fully saturated rings. The number of ether oxygens (including phenoxy) is 1. The molecule has 9 nitrogen and oxygen atoms in total. The van der Waals surface area contributed by atoms with Crippen LogP contribution >= 0.6 is 0 Å². The number of carbonyl (C=O) groups excluding carboxylic acids is 1. The quantitative estimate of drug-likeness (QED) is 0.689. The number of amides is 1. The van der Waals surface area contributed by atoms with Crippen molar-refractivity contribution in [3.8, 4) is 11.1 Å². The van der Waals surface area contributed by atoms with Gasteiger partial charge in [0.2, 0.25) is 5.91 Å². The maximum absolute atomic E-state index is 13.4. The van der Waals surface area contributed by atoms with Gasteiger partial charge in [0.05, 0.1) is 6.10 Å². The summed E-state index contributed by atoms with van der Waals surface area (Å²) in [5, 5.41) is 4.27. The first-order valence-electron chi connectivity index (χ1n) is 10.7. The van der Waals surface area contributed by atoms with Crippen LogP contribution in [0.4, 0.5) is 0 Å². The zero-order valence-electron chi connectivity index (χ0n) is 18.0. The van der Waals surface area contributed by atoms with Crippen molar-refractivity contribution in [2.75, 3.05) is 33.3 Å². The second-order valence-corrected chi connectivity index (χ2v) is 10.1. The van der Waals surface area contributed by atoms with Gasteiger partial charge in [0, 0.05) is 76.0 Å². The summed E-state index contributed by atoms with van der Waals surface area (Å²) in [6, 6.07) is 3.58. The standard InChI is InChI=1S/C21H29N5O4S/c1-24-15-19(17-6-4-8-22-14-17)20(23-24)31(28,29)26-11-9-25(10-12-26)21(27)16-5-3-7-18(13-16)30-2/h4,6,8,14-16,18H,3,5,7,9-13H2,1-2H3/t16-,18-/m1/s1. The zero-order valence-corrected chi connectivity index (χ0v) is 18.8. The molecule has 10 heteroatoms. The van der Waals surface area contributed by atoms with Crippen LogP contribution in [0.5, 0.6) is 0 Å². The number of rotatable bonds is 5. The lowest BCUT2D eigenvalue weighted by atomic mass is 9.86. The van der Waals surface area contributed by atoms with Crippen molar-refractivity contribution in [1.29, 1.82) is 0 Å². The highest BCUT2D eigenvalue weighted by molar-refractivity contribution is 7.89. The maximum Gasteiger partial charge on any atom is 0.263 e. The monoisotopic (exact) mass is 447 g/mol. The summed E-state index contributed by atoms with van der Waals surface area (Å²) in [4.78, 5) is 18.9. The van der Waals surface area contributed by atoms with Gasteiger partial charge >= 0.3 is 0 Å². The summed E-state index contributed by atoms with van der Waals surface area (Å²) >= 11 is 0. The number of pyridine rings is 1. The van der Waals surface area contributed by atoms with Crippen LogP contribution < -0.4 is 0 Å². The molecule has 0 unspecified atom stereocenters. The third-order valence-electron chi connectivity index (χ3n) is 6.21. The molecule has 4 rings (SSSR count). The number of nitrogens with zero attached hydrogens (tertiary/aromatic N) is 5. The Balaban J connectivity index is 1.46. The molecule has 1 aliphatic carbocycles. The van der Waals surface area contributed by atoms with Crippen LogP contribution in [-0.2, 0) is 26.6 Å². The van der Waals surface area contributed by atoms with Crippen molar-refractivity contribution in [1.82, 2.24) is 24.0 Å². The Morgan fingerprint density at radius 2 is 1.97 bits per heavy atom. The average molecular weight is 448 g/mol. The Hall–Kier alpha value is -2.30. The predicted molar refractivity (Wildman–Crippen MR) is 115 cm³/mol. The van der Waals surface area contributed by atoms with Crippen molar-refractivity contribution in [2.45, 2.75) is 36.8 Å². The van der Waals surface area contributed by atoms with Gasteiger partial charge in [-0.25, -0.2) is 8.42 Å². The van der Waals surface area contributed by atoms with E-state index in [9.17, 15) is 13.2 Å². The lowest BCUT2D eigenvalue weighted by molar-refractivity contribution is -0.139. The molecule has 2 aromatic heterocycles. The second kappa shape index (κ2) is 9.05. The van der Waals surface area contributed by atoms with Gasteiger partial charge in [0.15, 0.2) is 5.03 Å². The summed E-state index contributed by atoms with van der Waals surface area (Å²) < 4.78 is 35.1. The van der Waals surface area contributed by atoms with Crippen molar-refractivity contribution in [2.24, 2.45) is 13.0 Å². The molecule has 0 N–H and O–H groups in total. The van der Waals surface area contributed by atoms with E-state index in [-0.39, 0.29) is 36.0 Å². The predicted octanol–water partition coefficient (Wildman–Crippen LogP) is 1.52. The molecule has 0 spiro atoms. The van der Waals surface area contributed by atoms with Crippen molar-refractivity contribution in [3.63, 3.8) is 0 Å². The fraction of sp³-hybridized carbons (Fsp3) is 0.571. The Morgan fingerprint density at radius 3 is 2.65 bits per heavy atom. The smallest absolute Gasteiger partial charge is 0.263 e. The molecule has 1 saturated carbocycles. The highest BCUT2D eigenvalue weighted by Crippen LogP contribution is 2.30. The van der Waals surface area contributed by atoms with Crippen molar-refractivity contribution in [3.05, 3.63) is 30.7 Å². The van der Waals surface area contributed by atoms with Crippen molar-refractivity contribution >= 4 is 15.9 Å². The van der Waals surface area contributed by atoms with Gasteiger partial charge < -0.3 is 9.64 Å². The number of carbonyl (C=O) groups is 1. The van der Waals surface area contributed by atoms with E-state index in [4.69, 9.17) is 4.74 Å². The van der Waals surface area contributed by atoms with Crippen LogP contribution in [0.1, 0.15) is 25.7 Å². The molecule has 0 bridgehead atoms. The molecule has 2 atom stereocenters. The highest BCUT2D eigenvalue weighted by atomic mass is 32.2. The summed E-state index contributed by atoms with van der Waals surface area (Å²) in [6.07, 6.45) is 8.71. The SMILES string of the molecule is CO[C@@H]1CCC[C@@H](C(=O)N2CCN(S(=O)(=O)c3nn(C)cc3-c3cccnc3)CC2)C1. The van der Waals surface area contributed by atoms with Crippen LogP contribution in [0.25, 0.3) is 11.1 Å². The fourth-order valence-electron chi connectivity index (χ4n) is 4.49. The number of hydrogen-bond donors (Lipinski definition) is 0. The summed E-state index contributed by atoms with van der Waals surface area (Å²) in [7, 11) is -0.397. The molecule has 2 aliphatic rings. The molecule has 0 radical (unpaired) electrons. The lowest BCUT2D eigenvalue weighted by Crippen LogP contribution is -2.52. The largest absolute Gasteiger partial charge is 0.381 e. The Bertz CT molecular complexity index is 1020. The molecular weight excluding hydrogens is 418 g/mol. The van der Waals surface area contributed by atoms with Crippen LogP contribution in [0, 0.1) is 5.92 Å². The van der Waals surface area contributed by atoms with Crippen LogP contribution in [0.3, 0.4) is 0 Å². The van der Waals surface area contributed by atoms with E-state index >= 15 is 0 Å². The molecule has 1 amide bonds. The number of hydrogen-bond acceptors (Lipinski definition) is 6. The number of aryl methyl sites for hydroxylation is 1. The number of aromatic nitrogens is 3. The molecule has 1 saturated heterocycles. The van der Waals surface area contributed by atoms with E-state index in [1.165, 1.54) is 8.99 Å². The normalized spacial score (nSPS) is 23.1. The van der Waals surface area contributed by atoms with Crippen molar-refractivity contribution < 1.29 is 17.9 Å². The first kappa shape index (κ1) is 21.9. The summed E-state index contributed by atoms with van der Waals surface area (Å²) in [6.45, 7) is 1.30. The molecule has 0 aromatic carbocycles. The van der Waals surface area contributed by atoms with E-state index in [2.05, 4.69) is 10.1 Å². The third kappa shape index (κ3) is 4.51. The van der Waals surface area contributed by atoms with E-state index in [0.29, 0.717) is 24.2 Å². The molecule has 1 aliphatic heterocycles. The van der Waals surface area contributed by atoms with Gasteiger partial charge in [-0.1, -0.05) is 12.5 Å². The Labute approximate surface area is 183 Å².